The standard InChI is InChI=1S/C18H19NOS.C14H22N2O2/c1-19-12-11-17(18-10-5-13-21-18)20-16-9-4-7-14-6-2-3-8-15(14)16;1-6-16(5)14(17)18-13-9-7-8-12(10-13)11(2)15(3)4/h2-10,13,17,19H,11-12H2,1H3;7-11H,6H2,1-5H3/t17-;11-/m00/s1. The van der Waals surface area contributed by atoms with Gasteiger partial charge in [0.15, 0.2) is 0 Å². The second-order valence-electron chi connectivity index (χ2n) is 9.59. The Kier molecular flexibility index (Phi) is 11.8. The molecule has 0 radical (unpaired) electrons. The topological polar surface area (TPSA) is 54.0 Å². The van der Waals surface area contributed by atoms with Crippen LogP contribution in [0, 0.1) is 0 Å². The van der Waals surface area contributed by atoms with Gasteiger partial charge in [0, 0.05) is 36.3 Å². The predicted octanol–water partition coefficient (Wildman–Crippen LogP) is 7.39. The summed E-state index contributed by atoms with van der Waals surface area (Å²) >= 11 is 1.75. The highest BCUT2D eigenvalue weighted by molar-refractivity contribution is 7.10. The van der Waals surface area contributed by atoms with Crippen molar-refractivity contribution in [3.05, 3.63) is 94.7 Å². The van der Waals surface area contributed by atoms with Gasteiger partial charge in [-0.2, -0.15) is 0 Å². The average molecular weight is 548 g/mol. The summed E-state index contributed by atoms with van der Waals surface area (Å²) in [5.74, 6) is 1.55. The van der Waals surface area contributed by atoms with Crippen molar-refractivity contribution in [2.75, 3.05) is 41.3 Å². The van der Waals surface area contributed by atoms with Gasteiger partial charge in [-0.3, -0.25) is 0 Å². The fourth-order valence-electron chi connectivity index (χ4n) is 3.90. The molecule has 6 nitrogen and oxygen atoms in total. The third kappa shape index (κ3) is 8.82. The smallest absolute Gasteiger partial charge is 0.414 e. The summed E-state index contributed by atoms with van der Waals surface area (Å²) < 4.78 is 11.7. The maximum Gasteiger partial charge on any atom is 0.414 e. The zero-order chi connectivity index (χ0) is 28.2. The van der Waals surface area contributed by atoms with E-state index >= 15 is 0 Å². The van der Waals surface area contributed by atoms with E-state index in [-0.39, 0.29) is 18.2 Å². The maximum atomic E-state index is 11.7. The molecule has 0 aliphatic carbocycles. The summed E-state index contributed by atoms with van der Waals surface area (Å²) in [5, 5.41) is 7.70. The Morgan fingerprint density at radius 1 is 0.974 bits per heavy atom. The number of fused-ring (bicyclic) bond motifs is 1. The highest BCUT2D eigenvalue weighted by atomic mass is 32.1. The Hall–Kier alpha value is -3.39. The van der Waals surface area contributed by atoms with Crippen molar-refractivity contribution < 1.29 is 14.3 Å². The summed E-state index contributed by atoms with van der Waals surface area (Å²) in [6, 6.07) is 26.8. The highest BCUT2D eigenvalue weighted by Crippen LogP contribution is 2.32. The number of thiophene rings is 1. The molecule has 208 valence electrons. The van der Waals surface area contributed by atoms with Crippen LogP contribution in [0.2, 0.25) is 0 Å². The van der Waals surface area contributed by atoms with Crippen LogP contribution in [-0.4, -0.2) is 57.2 Å². The van der Waals surface area contributed by atoms with Gasteiger partial charge < -0.3 is 24.6 Å². The molecule has 0 unspecified atom stereocenters. The van der Waals surface area contributed by atoms with Crippen molar-refractivity contribution in [2.24, 2.45) is 0 Å². The van der Waals surface area contributed by atoms with E-state index in [1.807, 2.05) is 46.3 Å². The second-order valence-corrected chi connectivity index (χ2v) is 10.6. The van der Waals surface area contributed by atoms with E-state index in [1.165, 1.54) is 20.5 Å². The number of ether oxygens (including phenoxy) is 2. The van der Waals surface area contributed by atoms with Gasteiger partial charge in [0.25, 0.3) is 0 Å². The van der Waals surface area contributed by atoms with E-state index in [0.717, 1.165) is 24.3 Å². The van der Waals surface area contributed by atoms with Crippen LogP contribution in [0.15, 0.2) is 84.2 Å². The molecule has 0 saturated carbocycles. The highest BCUT2D eigenvalue weighted by Gasteiger charge is 2.15. The Morgan fingerprint density at radius 3 is 2.41 bits per heavy atom. The molecule has 0 aliphatic rings. The molecule has 0 spiro atoms. The van der Waals surface area contributed by atoms with Gasteiger partial charge in [0.05, 0.1) is 0 Å². The number of nitrogens with zero attached hydrogens (tertiary/aromatic N) is 2. The van der Waals surface area contributed by atoms with Gasteiger partial charge in [-0.05, 0) is 82.1 Å². The number of nitrogens with one attached hydrogen (secondary N) is 1. The molecule has 0 fully saturated rings. The van der Waals surface area contributed by atoms with Crippen molar-refractivity contribution in [1.82, 2.24) is 15.1 Å². The largest absolute Gasteiger partial charge is 0.484 e. The van der Waals surface area contributed by atoms with Gasteiger partial charge in [0.2, 0.25) is 0 Å². The average Bonchev–Trinajstić information content (AvgIpc) is 3.50. The molecule has 1 aromatic heterocycles. The molecular formula is C32H41N3O3S. The molecule has 39 heavy (non-hydrogen) atoms. The summed E-state index contributed by atoms with van der Waals surface area (Å²) in [6.45, 7) is 5.59. The zero-order valence-electron chi connectivity index (χ0n) is 23.9. The van der Waals surface area contributed by atoms with E-state index in [1.54, 1.807) is 24.5 Å². The van der Waals surface area contributed by atoms with Crippen LogP contribution in [0.5, 0.6) is 11.5 Å². The Bertz CT molecular complexity index is 1290. The Labute approximate surface area is 237 Å². The molecule has 3 aromatic carbocycles. The normalized spacial score (nSPS) is 12.4. The molecule has 7 heteroatoms. The lowest BCUT2D eigenvalue weighted by atomic mass is 10.1. The minimum atomic E-state index is -0.327. The molecule has 4 aromatic rings. The number of rotatable bonds is 10. The lowest BCUT2D eigenvalue weighted by molar-refractivity contribution is 0.165. The third-order valence-corrected chi connectivity index (χ3v) is 7.61. The van der Waals surface area contributed by atoms with E-state index in [2.05, 4.69) is 77.1 Å². The molecule has 0 aliphatic heterocycles. The van der Waals surface area contributed by atoms with Crippen LogP contribution in [0.1, 0.15) is 42.9 Å². The number of hydrogen-bond acceptors (Lipinski definition) is 6. The summed E-state index contributed by atoms with van der Waals surface area (Å²) in [7, 11) is 7.74. The maximum absolute atomic E-state index is 11.7. The van der Waals surface area contributed by atoms with Crippen molar-refractivity contribution >= 4 is 28.2 Å². The van der Waals surface area contributed by atoms with Gasteiger partial charge >= 0.3 is 6.09 Å². The van der Waals surface area contributed by atoms with Crippen molar-refractivity contribution in [3.8, 4) is 11.5 Å². The molecule has 1 heterocycles. The predicted molar refractivity (Wildman–Crippen MR) is 163 cm³/mol. The first-order valence-electron chi connectivity index (χ1n) is 13.4. The molecule has 1 amide bonds. The van der Waals surface area contributed by atoms with E-state index < -0.39 is 0 Å². The van der Waals surface area contributed by atoms with Crippen molar-refractivity contribution in [1.29, 1.82) is 0 Å². The lowest BCUT2D eigenvalue weighted by Crippen LogP contribution is -2.29. The Balaban J connectivity index is 0.000000219. The van der Waals surface area contributed by atoms with E-state index in [0.29, 0.717) is 12.3 Å². The summed E-state index contributed by atoms with van der Waals surface area (Å²) in [6.07, 6.45) is 0.732. The monoisotopic (exact) mass is 547 g/mol. The van der Waals surface area contributed by atoms with Gasteiger partial charge in [-0.25, -0.2) is 4.79 Å². The minimum Gasteiger partial charge on any atom is -0.484 e. The third-order valence-electron chi connectivity index (χ3n) is 6.64. The lowest BCUT2D eigenvalue weighted by Gasteiger charge is -2.21. The number of hydrogen-bond donors (Lipinski definition) is 1. The summed E-state index contributed by atoms with van der Waals surface area (Å²) in [5.41, 5.74) is 1.13. The Morgan fingerprint density at radius 2 is 1.72 bits per heavy atom. The van der Waals surface area contributed by atoms with Crippen LogP contribution in [0.4, 0.5) is 4.79 Å². The summed E-state index contributed by atoms with van der Waals surface area (Å²) in [4.78, 5) is 16.6. The number of benzene rings is 3. The van der Waals surface area contributed by atoms with Crippen molar-refractivity contribution in [2.45, 2.75) is 32.4 Å². The minimum absolute atomic E-state index is 0.100. The number of carbonyl (C=O) groups is 1. The molecule has 0 bridgehead atoms. The molecule has 4 rings (SSSR count). The first-order chi connectivity index (χ1) is 18.8. The quantitative estimate of drug-likeness (QED) is 0.224. The van der Waals surface area contributed by atoms with Crippen LogP contribution in [0.25, 0.3) is 10.8 Å². The molecule has 1 N–H and O–H groups in total. The zero-order valence-corrected chi connectivity index (χ0v) is 24.7. The van der Waals surface area contributed by atoms with Gasteiger partial charge in [0.1, 0.15) is 17.6 Å². The molecular weight excluding hydrogens is 506 g/mol. The first kappa shape index (κ1) is 30.2. The van der Waals surface area contributed by atoms with Gasteiger partial charge in [-0.1, -0.05) is 54.6 Å². The van der Waals surface area contributed by atoms with Crippen LogP contribution < -0.4 is 14.8 Å². The molecule has 2 atom stereocenters. The van der Waals surface area contributed by atoms with Crippen LogP contribution in [-0.2, 0) is 0 Å². The fourth-order valence-corrected chi connectivity index (χ4v) is 4.69. The first-order valence-corrected chi connectivity index (χ1v) is 14.2. The SMILES string of the molecule is CCN(C)C(=O)Oc1cccc([C@H](C)N(C)C)c1.CNCC[C@H](Oc1cccc2ccccc12)c1cccs1. The van der Waals surface area contributed by atoms with E-state index in [9.17, 15) is 4.79 Å². The van der Waals surface area contributed by atoms with Crippen molar-refractivity contribution in [3.63, 3.8) is 0 Å². The van der Waals surface area contributed by atoms with Crippen LogP contribution in [0.3, 0.4) is 0 Å². The number of amides is 1. The van der Waals surface area contributed by atoms with Crippen LogP contribution >= 0.6 is 11.3 Å². The molecule has 0 saturated heterocycles. The number of carbonyl (C=O) groups excluding carboxylic acids is 1. The van der Waals surface area contributed by atoms with E-state index in [4.69, 9.17) is 9.47 Å². The van der Waals surface area contributed by atoms with Gasteiger partial charge in [-0.15, -0.1) is 11.3 Å². The fraction of sp³-hybridized carbons (Fsp3) is 0.344. The second kappa shape index (κ2) is 15.3.